The van der Waals surface area contributed by atoms with Crippen molar-refractivity contribution >= 4 is 44.1 Å². The number of rotatable bonds is 5. The second-order valence-corrected chi connectivity index (χ2v) is 10.2. The van der Waals surface area contributed by atoms with Crippen molar-refractivity contribution in [3.8, 4) is 0 Å². The zero-order valence-corrected chi connectivity index (χ0v) is 21.0. The molecule has 0 bridgehead atoms. The Bertz CT molecular complexity index is 1500. The second kappa shape index (κ2) is 9.32. The summed E-state index contributed by atoms with van der Waals surface area (Å²) in [6.07, 6.45) is 0.869. The van der Waals surface area contributed by atoms with Crippen molar-refractivity contribution in [1.29, 1.82) is 0 Å². The molecule has 0 aliphatic carbocycles. The fourth-order valence-electron chi connectivity index (χ4n) is 4.45. The van der Waals surface area contributed by atoms with E-state index < -0.39 is 23.5 Å². The Morgan fingerprint density at radius 2 is 1.75 bits per heavy atom. The molecule has 5 rings (SSSR count). The Balaban J connectivity index is 1.70. The van der Waals surface area contributed by atoms with Gasteiger partial charge in [-0.15, -0.1) is 0 Å². The third kappa shape index (κ3) is 4.09. The first-order chi connectivity index (χ1) is 17.3. The number of carbonyl (C=O) groups excluding carboxylic acids is 2. The molecule has 0 unspecified atom stereocenters. The smallest absolute Gasteiger partial charge is 0.301 e. The summed E-state index contributed by atoms with van der Waals surface area (Å²) in [5, 5.41) is 11.6. The molecule has 0 radical (unpaired) electrons. The van der Waals surface area contributed by atoms with Crippen LogP contribution in [0.15, 0.2) is 72.3 Å². The molecule has 5 nitrogen and oxygen atoms in total. The Hall–Kier alpha value is -3.84. The van der Waals surface area contributed by atoms with E-state index in [1.165, 1.54) is 40.5 Å². The lowest BCUT2D eigenvalue weighted by molar-refractivity contribution is -0.132. The number of anilines is 1. The minimum Gasteiger partial charge on any atom is -0.507 e. The van der Waals surface area contributed by atoms with E-state index in [-0.39, 0.29) is 16.9 Å². The lowest BCUT2D eigenvalue weighted by Crippen LogP contribution is -2.29. The molecular formula is C29H25FN2O3S. The van der Waals surface area contributed by atoms with E-state index in [1.54, 1.807) is 0 Å². The number of carbonyl (C=O) groups is 2. The van der Waals surface area contributed by atoms with Gasteiger partial charge in [0.1, 0.15) is 11.6 Å². The highest BCUT2D eigenvalue weighted by atomic mass is 32.1. The van der Waals surface area contributed by atoms with Crippen LogP contribution in [0.25, 0.3) is 16.0 Å². The van der Waals surface area contributed by atoms with Gasteiger partial charge >= 0.3 is 5.91 Å². The van der Waals surface area contributed by atoms with Crippen molar-refractivity contribution in [3.05, 3.63) is 100 Å². The van der Waals surface area contributed by atoms with Crippen LogP contribution in [0, 0.1) is 5.82 Å². The molecule has 182 valence electrons. The number of fused-ring (bicyclic) bond motifs is 1. The van der Waals surface area contributed by atoms with Crippen LogP contribution in [0.5, 0.6) is 0 Å². The highest BCUT2D eigenvalue weighted by molar-refractivity contribution is 7.22. The Kier molecular flexibility index (Phi) is 6.18. The van der Waals surface area contributed by atoms with Gasteiger partial charge in [0.25, 0.3) is 5.78 Å². The summed E-state index contributed by atoms with van der Waals surface area (Å²) in [5.74, 6) is -2.06. The molecule has 0 saturated carbocycles. The van der Waals surface area contributed by atoms with E-state index in [9.17, 15) is 19.1 Å². The summed E-state index contributed by atoms with van der Waals surface area (Å²) >= 11 is 1.34. The summed E-state index contributed by atoms with van der Waals surface area (Å²) < 4.78 is 14.4. The van der Waals surface area contributed by atoms with Crippen molar-refractivity contribution in [3.63, 3.8) is 0 Å². The number of aliphatic hydroxyl groups excluding tert-OH is 1. The van der Waals surface area contributed by atoms with E-state index in [2.05, 4.69) is 25.8 Å². The first-order valence-electron chi connectivity index (χ1n) is 11.8. The third-order valence-corrected chi connectivity index (χ3v) is 7.55. The van der Waals surface area contributed by atoms with Crippen LogP contribution in [0.2, 0.25) is 0 Å². The van der Waals surface area contributed by atoms with Gasteiger partial charge in [0, 0.05) is 5.56 Å². The number of aromatic nitrogens is 1. The second-order valence-electron chi connectivity index (χ2n) is 9.15. The van der Waals surface area contributed by atoms with E-state index >= 15 is 0 Å². The van der Waals surface area contributed by atoms with Gasteiger partial charge in [-0.05, 0) is 65.4 Å². The predicted octanol–water partition coefficient (Wildman–Crippen LogP) is 6.75. The highest BCUT2D eigenvalue weighted by Crippen LogP contribution is 2.44. The fraction of sp³-hybridized carbons (Fsp3) is 0.207. The minimum atomic E-state index is -0.873. The van der Waals surface area contributed by atoms with Gasteiger partial charge in [-0.2, -0.15) is 0 Å². The molecule has 2 heterocycles. The van der Waals surface area contributed by atoms with Gasteiger partial charge in [-0.1, -0.05) is 62.4 Å². The summed E-state index contributed by atoms with van der Waals surface area (Å²) in [6, 6.07) is 17.9. The molecule has 0 spiro atoms. The molecule has 4 aromatic rings. The normalized spacial score (nSPS) is 17.5. The molecule has 1 fully saturated rings. The van der Waals surface area contributed by atoms with Crippen molar-refractivity contribution in [1.82, 2.24) is 4.98 Å². The average molecular weight is 501 g/mol. The molecule has 3 aromatic carbocycles. The summed E-state index contributed by atoms with van der Waals surface area (Å²) in [4.78, 5) is 32.8. The van der Waals surface area contributed by atoms with Crippen LogP contribution in [0.3, 0.4) is 0 Å². The number of amides is 1. The molecule has 1 aliphatic heterocycles. The van der Waals surface area contributed by atoms with E-state index in [4.69, 9.17) is 0 Å². The fourth-order valence-corrected chi connectivity index (χ4v) is 5.51. The molecule has 1 atom stereocenters. The molecule has 36 heavy (non-hydrogen) atoms. The first-order valence-corrected chi connectivity index (χ1v) is 12.7. The largest absolute Gasteiger partial charge is 0.507 e. The van der Waals surface area contributed by atoms with Gasteiger partial charge in [0.05, 0.1) is 21.8 Å². The molecular weight excluding hydrogens is 475 g/mol. The van der Waals surface area contributed by atoms with E-state index in [1.807, 2.05) is 42.5 Å². The van der Waals surface area contributed by atoms with Crippen molar-refractivity contribution in [2.75, 3.05) is 4.90 Å². The maximum Gasteiger partial charge on any atom is 0.301 e. The summed E-state index contributed by atoms with van der Waals surface area (Å²) in [6.45, 7) is 6.24. The van der Waals surface area contributed by atoms with Crippen LogP contribution in [0.4, 0.5) is 9.52 Å². The average Bonchev–Trinajstić information content (AvgIpc) is 3.41. The SMILES string of the molecule is CCc1ccc2nc(N3C(=O)C(=O)/C(=C(/O)c4ccc(F)cc4)[C@@H]3c3ccc(C(C)C)cc3)sc2c1. The third-order valence-electron chi connectivity index (χ3n) is 6.54. The number of benzene rings is 3. The van der Waals surface area contributed by atoms with Crippen molar-refractivity contribution in [2.24, 2.45) is 0 Å². The Labute approximate surface area is 212 Å². The number of aryl methyl sites for hydroxylation is 1. The van der Waals surface area contributed by atoms with Gasteiger partial charge in [0.2, 0.25) is 0 Å². The molecule has 1 saturated heterocycles. The number of aliphatic hydroxyl groups is 1. The van der Waals surface area contributed by atoms with Crippen molar-refractivity contribution in [2.45, 2.75) is 39.2 Å². The Morgan fingerprint density at radius 1 is 1.06 bits per heavy atom. The van der Waals surface area contributed by atoms with Crippen LogP contribution >= 0.6 is 11.3 Å². The maximum atomic E-state index is 13.5. The first kappa shape index (κ1) is 23.9. The summed E-state index contributed by atoms with van der Waals surface area (Å²) in [7, 11) is 0. The van der Waals surface area contributed by atoms with Gasteiger partial charge in [-0.25, -0.2) is 9.37 Å². The molecule has 1 aliphatic rings. The van der Waals surface area contributed by atoms with Crippen LogP contribution < -0.4 is 4.90 Å². The number of thiazole rings is 1. The molecule has 1 amide bonds. The monoisotopic (exact) mass is 500 g/mol. The summed E-state index contributed by atoms with van der Waals surface area (Å²) in [5.41, 5.74) is 3.89. The Morgan fingerprint density at radius 3 is 2.39 bits per heavy atom. The molecule has 1 N–H and O–H groups in total. The lowest BCUT2D eigenvalue weighted by atomic mass is 9.93. The zero-order chi connectivity index (χ0) is 25.6. The highest BCUT2D eigenvalue weighted by Gasteiger charge is 2.48. The number of nitrogens with zero attached hydrogens (tertiary/aromatic N) is 2. The van der Waals surface area contributed by atoms with Gasteiger partial charge in [0.15, 0.2) is 5.13 Å². The zero-order valence-electron chi connectivity index (χ0n) is 20.2. The van der Waals surface area contributed by atoms with Crippen LogP contribution in [-0.4, -0.2) is 21.8 Å². The topological polar surface area (TPSA) is 70.5 Å². The number of Topliss-reactive ketones (excluding diaryl/α,β-unsaturated/α-hetero) is 1. The number of hydrogen-bond acceptors (Lipinski definition) is 5. The maximum absolute atomic E-state index is 13.5. The quantitative estimate of drug-likeness (QED) is 0.187. The number of ketones is 1. The number of halogens is 1. The predicted molar refractivity (Wildman–Crippen MR) is 141 cm³/mol. The van der Waals surface area contributed by atoms with Crippen LogP contribution in [-0.2, 0) is 16.0 Å². The van der Waals surface area contributed by atoms with Crippen LogP contribution in [0.1, 0.15) is 55.0 Å². The van der Waals surface area contributed by atoms with Gasteiger partial charge < -0.3 is 5.11 Å². The molecule has 7 heteroatoms. The lowest BCUT2D eigenvalue weighted by Gasteiger charge is -2.23. The standard InChI is InChI=1S/C29H25FN2O3S/c1-4-17-5-14-22-23(15-17)36-29(31-22)32-25(19-8-6-18(7-9-19)16(2)3)24(27(34)28(32)35)26(33)20-10-12-21(30)13-11-20/h5-16,25,33H,4H2,1-3H3/b26-24+/t25-/m0/s1. The van der Waals surface area contributed by atoms with E-state index in [0.29, 0.717) is 16.6 Å². The van der Waals surface area contributed by atoms with Crippen molar-refractivity contribution < 1.29 is 19.1 Å². The van der Waals surface area contributed by atoms with E-state index in [0.717, 1.165) is 27.8 Å². The minimum absolute atomic E-state index is 0.0441. The van der Waals surface area contributed by atoms with Gasteiger partial charge in [-0.3, -0.25) is 14.5 Å². The number of hydrogen-bond donors (Lipinski definition) is 1. The molecule has 1 aromatic heterocycles.